The number of carbonyl (C=O) groups excluding carboxylic acids is 1. The Balaban J connectivity index is 1.45. The van der Waals surface area contributed by atoms with Crippen molar-refractivity contribution in [2.24, 2.45) is 0 Å². The Morgan fingerprint density at radius 2 is 1.92 bits per heavy atom. The average Bonchev–Trinajstić information content (AvgIpc) is 2.64. The van der Waals surface area contributed by atoms with Crippen molar-refractivity contribution in [1.29, 1.82) is 0 Å². The highest BCUT2D eigenvalue weighted by Crippen LogP contribution is 2.38. The second-order valence-corrected chi connectivity index (χ2v) is 6.90. The Kier molecular flexibility index (Phi) is 6.96. The molecule has 0 bridgehead atoms. The molecule has 0 spiro atoms. The van der Waals surface area contributed by atoms with Gasteiger partial charge in [-0.05, 0) is 17.7 Å². The Labute approximate surface area is 159 Å². The molecule has 26 heavy (non-hydrogen) atoms. The highest BCUT2D eigenvalue weighted by atomic mass is 35.5. The van der Waals surface area contributed by atoms with E-state index in [1.165, 1.54) is 0 Å². The summed E-state index contributed by atoms with van der Waals surface area (Å²) in [6, 6.07) is 3.96. The van der Waals surface area contributed by atoms with E-state index in [2.05, 4.69) is 15.1 Å². The Morgan fingerprint density at radius 3 is 2.69 bits per heavy atom. The lowest BCUT2D eigenvalue weighted by atomic mass is 10.1. The van der Waals surface area contributed by atoms with Crippen molar-refractivity contribution in [1.82, 2.24) is 15.1 Å². The first-order valence-corrected chi connectivity index (χ1v) is 9.32. The molecule has 1 N–H and O–H groups in total. The minimum Gasteiger partial charge on any atom is -0.486 e. The molecule has 144 valence electrons. The van der Waals surface area contributed by atoms with E-state index in [4.69, 9.17) is 25.8 Å². The molecule has 3 rings (SSSR count). The fourth-order valence-corrected chi connectivity index (χ4v) is 3.46. The summed E-state index contributed by atoms with van der Waals surface area (Å²) in [6.45, 7) is 7.00. The number of ether oxygens (including phenoxy) is 3. The van der Waals surface area contributed by atoms with E-state index in [0.29, 0.717) is 43.7 Å². The number of rotatable bonds is 7. The van der Waals surface area contributed by atoms with Gasteiger partial charge in [0, 0.05) is 46.4 Å². The van der Waals surface area contributed by atoms with Crippen molar-refractivity contribution >= 4 is 17.5 Å². The Morgan fingerprint density at radius 1 is 1.19 bits per heavy atom. The van der Waals surface area contributed by atoms with Crippen LogP contribution in [-0.4, -0.2) is 81.9 Å². The lowest BCUT2D eigenvalue weighted by Crippen LogP contribution is -2.49. The van der Waals surface area contributed by atoms with E-state index >= 15 is 0 Å². The molecule has 0 aliphatic carbocycles. The number of nitrogens with one attached hydrogen (secondary N) is 1. The number of hydrogen-bond acceptors (Lipinski definition) is 6. The maximum absolute atomic E-state index is 11.9. The third-order valence-electron chi connectivity index (χ3n) is 4.52. The third-order valence-corrected chi connectivity index (χ3v) is 4.80. The van der Waals surface area contributed by atoms with Crippen molar-refractivity contribution < 1.29 is 19.0 Å². The van der Waals surface area contributed by atoms with Crippen LogP contribution >= 0.6 is 11.6 Å². The predicted octanol–water partition coefficient (Wildman–Crippen LogP) is 0.991. The van der Waals surface area contributed by atoms with Gasteiger partial charge in [0.1, 0.15) is 13.2 Å². The molecule has 2 aliphatic rings. The summed E-state index contributed by atoms with van der Waals surface area (Å²) in [7, 11) is 1.63. The minimum atomic E-state index is 0.0501. The second-order valence-electron chi connectivity index (χ2n) is 6.50. The lowest BCUT2D eigenvalue weighted by Gasteiger charge is -2.34. The molecule has 1 saturated heterocycles. The van der Waals surface area contributed by atoms with Crippen LogP contribution in [0.2, 0.25) is 5.02 Å². The molecule has 8 heteroatoms. The van der Waals surface area contributed by atoms with E-state index in [-0.39, 0.29) is 5.91 Å². The second kappa shape index (κ2) is 9.41. The summed E-state index contributed by atoms with van der Waals surface area (Å²) in [5.41, 5.74) is 1.12. The van der Waals surface area contributed by atoms with Gasteiger partial charge in [0.25, 0.3) is 0 Å². The number of carbonyl (C=O) groups is 1. The molecule has 2 heterocycles. The van der Waals surface area contributed by atoms with Gasteiger partial charge >= 0.3 is 0 Å². The summed E-state index contributed by atoms with van der Waals surface area (Å²) in [5, 5.41) is 3.46. The fraction of sp³-hybridized carbons (Fsp3) is 0.611. The van der Waals surface area contributed by atoms with E-state index in [1.54, 1.807) is 7.11 Å². The number of piperazine rings is 1. The number of amides is 1. The average molecular weight is 384 g/mol. The summed E-state index contributed by atoms with van der Waals surface area (Å²) in [6.07, 6.45) is 0. The van der Waals surface area contributed by atoms with Crippen LogP contribution < -0.4 is 14.8 Å². The van der Waals surface area contributed by atoms with E-state index < -0.39 is 0 Å². The Hall–Kier alpha value is -1.54. The first kappa shape index (κ1) is 19.2. The van der Waals surface area contributed by atoms with Crippen LogP contribution in [0.4, 0.5) is 0 Å². The zero-order chi connectivity index (χ0) is 18.4. The highest BCUT2D eigenvalue weighted by molar-refractivity contribution is 6.32. The van der Waals surface area contributed by atoms with Gasteiger partial charge < -0.3 is 19.5 Å². The van der Waals surface area contributed by atoms with E-state index in [1.807, 2.05) is 12.1 Å². The zero-order valence-corrected chi connectivity index (χ0v) is 15.9. The number of benzene rings is 1. The molecule has 1 fully saturated rings. The van der Waals surface area contributed by atoms with E-state index in [0.717, 1.165) is 44.0 Å². The normalized spacial score (nSPS) is 17.9. The van der Waals surface area contributed by atoms with Crippen LogP contribution in [0.1, 0.15) is 5.56 Å². The summed E-state index contributed by atoms with van der Waals surface area (Å²) < 4.78 is 16.1. The van der Waals surface area contributed by atoms with Crippen LogP contribution in [0.5, 0.6) is 11.5 Å². The number of methoxy groups -OCH3 is 1. The summed E-state index contributed by atoms with van der Waals surface area (Å²) in [5.74, 6) is 1.42. The van der Waals surface area contributed by atoms with Gasteiger partial charge in [-0.3, -0.25) is 14.6 Å². The molecule has 1 amide bonds. The number of hydrogen-bond donors (Lipinski definition) is 1. The van der Waals surface area contributed by atoms with Gasteiger partial charge in [0.05, 0.1) is 18.2 Å². The van der Waals surface area contributed by atoms with Gasteiger partial charge in [0.15, 0.2) is 11.5 Å². The van der Waals surface area contributed by atoms with Crippen molar-refractivity contribution in [3.63, 3.8) is 0 Å². The predicted molar refractivity (Wildman–Crippen MR) is 99.0 cm³/mol. The molecule has 0 aromatic heterocycles. The monoisotopic (exact) mass is 383 g/mol. The molecular weight excluding hydrogens is 358 g/mol. The largest absolute Gasteiger partial charge is 0.486 e. The number of fused-ring (bicyclic) bond motifs is 1. The molecule has 1 aromatic rings. The van der Waals surface area contributed by atoms with Gasteiger partial charge in [0.2, 0.25) is 5.91 Å². The van der Waals surface area contributed by atoms with Gasteiger partial charge in [-0.1, -0.05) is 11.6 Å². The number of halogens is 1. The van der Waals surface area contributed by atoms with Crippen LogP contribution in [-0.2, 0) is 16.1 Å². The lowest BCUT2D eigenvalue weighted by molar-refractivity contribution is -0.122. The van der Waals surface area contributed by atoms with Gasteiger partial charge in [-0.15, -0.1) is 0 Å². The zero-order valence-electron chi connectivity index (χ0n) is 15.1. The van der Waals surface area contributed by atoms with Crippen LogP contribution in [0, 0.1) is 0 Å². The minimum absolute atomic E-state index is 0.0501. The molecule has 7 nitrogen and oxygen atoms in total. The molecule has 0 atom stereocenters. The third kappa shape index (κ3) is 5.23. The highest BCUT2D eigenvalue weighted by Gasteiger charge is 2.21. The topological polar surface area (TPSA) is 63.3 Å². The van der Waals surface area contributed by atoms with Gasteiger partial charge in [-0.2, -0.15) is 0 Å². The maximum atomic E-state index is 11.9. The molecule has 0 saturated carbocycles. The van der Waals surface area contributed by atoms with Gasteiger partial charge in [-0.25, -0.2) is 0 Å². The maximum Gasteiger partial charge on any atom is 0.234 e. The molecule has 2 aliphatic heterocycles. The fourth-order valence-electron chi connectivity index (χ4n) is 3.17. The molecule has 1 aromatic carbocycles. The molecular formula is C18H26ClN3O4. The standard InChI is InChI=1S/C18H26ClN3O4/c1-24-7-2-20-17(23)13-22-5-3-21(4-6-22)12-14-10-15(19)18-16(11-14)25-8-9-26-18/h10-11H,2-9,12-13H2,1H3,(H,20,23). The van der Waals surface area contributed by atoms with E-state index in [9.17, 15) is 4.79 Å². The first-order chi connectivity index (χ1) is 12.7. The smallest absolute Gasteiger partial charge is 0.234 e. The Bertz CT molecular complexity index is 621. The van der Waals surface area contributed by atoms with Crippen molar-refractivity contribution in [3.8, 4) is 11.5 Å². The van der Waals surface area contributed by atoms with Crippen molar-refractivity contribution in [3.05, 3.63) is 22.7 Å². The van der Waals surface area contributed by atoms with Crippen LogP contribution in [0.25, 0.3) is 0 Å². The quantitative estimate of drug-likeness (QED) is 0.708. The number of nitrogens with zero attached hydrogens (tertiary/aromatic N) is 2. The molecule has 0 radical (unpaired) electrons. The van der Waals surface area contributed by atoms with Crippen molar-refractivity contribution in [2.45, 2.75) is 6.54 Å². The van der Waals surface area contributed by atoms with Crippen molar-refractivity contribution in [2.75, 3.05) is 66.2 Å². The summed E-state index contributed by atoms with van der Waals surface area (Å²) >= 11 is 6.31. The SMILES string of the molecule is COCCNC(=O)CN1CCN(Cc2cc(Cl)c3c(c2)OCCO3)CC1. The summed E-state index contributed by atoms with van der Waals surface area (Å²) in [4.78, 5) is 16.4. The van der Waals surface area contributed by atoms with Crippen LogP contribution in [0.15, 0.2) is 12.1 Å². The molecule has 0 unspecified atom stereocenters. The van der Waals surface area contributed by atoms with Crippen LogP contribution in [0.3, 0.4) is 0 Å². The first-order valence-electron chi connectivity index (χ1n) is 8.94.